The smallest absolute Gasteiger partial charge is 0.320 e. The SMILES string of the molecule is COc1ncccc1NC(=O)NC(c1nc(-c2cccnc2)no1)C(C)C. The number of anilines is 1. The number of nitrogens with zero attached hydrogens (tertiary/aromatic N) is 4. The molecule has 1 atom stereocenters. The maximum Gasteiger partial charge on any atom is 0.320 e. The molecule has 0 spiro atoms. The molecule has 0 aliphatic heterocycles. The highest BCUT2D eigenvalue weighted by molar-refractivity contribution is 5.90. The molecule has 0 aliphatic carbocycles. The summed E-state index contributed by atoms with van der Waals surface area (Å²) in [5, 5.41) is 9.55. The van der Waals surface area contributed by atoms with Crippen LogP contribution in [-0.4, -0.2) is 33.2 Å². The van der Waals surface area contributed by atoms with Crippen molar-refractivity contribution in [1.29, 1.82) is 0 Å². The number of hydrogen-bond donors (Lipinski definition) is 2. The van der Waals surface area contributed by atoms with Crippen molar-refractivity contribution < 1.29 is 14.1 Å². The van der Waals surface area contributed by atoms with Gasteiger partial charge in [0.25, 0.3) is 0 Å². The predicted molar refractivity (Wildman–Crippen MR) is 98.1 cm³/mol. The van der Waals surface area contributed by atoms with Gasteiger partial charge in [-0.15, -0.1) is 0 Å². The summed E-state index contributed by atoms with van der Waals surface area (Å²) in [5.41, 5.74) is 1.20. The second-order valence-corrected chi connectivity index (χ2v) is 6.08. The van der Waals surface area contributed by atoms with E-state index in [0.29, 0.717) is 23.3 Å². The van der Waals surface area contributed by atoms with Gasteiger partial charge >= 0.3 is 6.03 Å². The zero-order chi connectivity index (χ0) is 19.2. The monoisotopic (exact) mass is 368 g/mol. The summed E-state index contributed by atoms with van der Waals surface area (Å²) >= 11 is 0. The third-order valence-electron chi connectivity index (χ3n) is 3.79. The number of carbonyl (C=O) groups excluding carboxylic acids is 1. The minimum absolute atomic E-state index is 0.0220. The highest BCUT2D eigenvalue weighted by Gasteiger charge is 2.25. The van der Waals surface area contributed by atoms with Gasteiger partial charge in [-0.25, -0.2) is 9.78 Å². The van der Waals surface area contributed by atoms with Gasteiger partial charge in [0.2, 0.25) is 17.6 Å². The number of methoxy groups -OCH3 is 1. The van der Waals surface area contributed by atoms with Crippen molar-refractivity contribution >= 4 is 11.7 Å². The first-order chi connectivity index (χ1) is 13.1. The van der Waals surface area contributed by atoms with Crippen molar-refractivity contribution in [2.45, 2.75) is 19.9 Å². The lowest BCUT2D eigenvalue weighted by Gasteiger charge is -2.19. The fourth-order valence-electron chi connectivity index (χ4n) is 2.44. The molecule has 0 saturated heterocycles. The van der Waals surface area contributed by atoms with Crippen LogP contribution in [0.4, 0.5) is 10.5 Å². The van der Waals surface area contributed by atoms with Crippen LogP contribution >= 0.6 is 0 Å². The van der Waals surface area contributed by atoms with Crippen LogP contribution in [0.1, 0.15) is 25.8 Å². The van der Waals surface area contributed by atoms with Gasteiger partial charge in [-0.05, 0) is 30.2 Å². The van der Waals surface area contributed by atoms with Gasteiger partial charge in [-0.1, -0.05) is 19.0 Å². The minimum atomic E-state index is -0.467. The second-order valence-electron chi connectivity index (χ2n) is 6.08. The summed E-state index contributed by atoms with van der Waals surface area (Å²) in [4.78, 5) is 24.9. The number of ether oxygens (including phenoxy) is 1. The lowest BCUT2D eigenvalue weighted by Crippen LogP contribution is -2.35. The van der Waals surface area contributed by atoms with E-state index >= 15 is 0 Å². The lowest BCUT2D eigenvalue weighted by molar-refractivity contribution is 0.235. The third-order valence-corrected chi connectivity index (χ3v) is 3.79. The number of rotatable bonds is 6. The van der Waals surface area contributed by atoms with Gasteiger partial charge in [0.1, 0.15) is 11.7 Å². The first-order valence-electron chi connectivity index (χ1n) is 8.39. The zero-order valence-corrected chi connectivity index (χ0v) is 15.2. The topological polar surface area (TPSA) is 115 Å². The van der Waals surface area contributed by atoms with E-state index < -0.39 is 12.1 Å². The van der Waals surface area contributed by atoms with E-state index in [2.05, 4.69) is 30.7 Å². The molecular formula is C18H20N6O3. The van der Waals surface area contributed by atoms with Crippen molar-refractivity contribution in [3.8, 4) is 17.3 Å². The normalized spacial score (nSPS) is 11.9. The van der Waals surface area contributed by atoms with Crippen LogP contribution in [0, 0.1) is 5.92 Å². The number of nitrogens with one attached hydrogen (secondary N) is 2. The maximum absolute atomic E-state index is 12.4. The van der Waals surface area contributed by atoms with E-state index in [4.69, 9.17) is 9.26 Å². The predicted octanol–water partition coefficient (Wildman–Crippen LogP) is 3.05. The summed E-state index contributed by atoms with van der Waals surface area (Å²) in [5.74, 6) is 1.08. The molecule has 0 radical (unpaired) electrons. The maximum atomic E-state index is 12.4. The average molecular weight is 368 g/mol. The quantitative estimate of drug-likeness (QED) is 0.687. The second kappa shape index (κ2) is 8.26. The van der Waals surface area contributed by atoms with Gasteiger partial charge in [-0.3, -0.25) is 4.98 Å². The molecular weight excluding hydrogens is 348 g/mol. The molecule has 3 aromatic heterocycles. The number of aromatic nitrogens is 4. The van der Waals surface area contributed by atoms with Crippen LogP contribution in [0.5, 0.6) is 5.88 Å². The third kappa shape index (κ3) is 4.38. The summed E-state index contributed by atoms with van der Waals surface area (Å²) in [6.07, 6.45) is 4.89. The summed E-state index contributed by atoms with van der Waals surface area (Å²) in [6.45, 7) is 3.90. The summed E-state index contributed by atoms with van der Waals surface area (Å²) < 4.78 is 10.5. The number of carbonyl (C=O) groups is 1. The molecule has 3 rings (SSSR count). The van der Waals surface area contributed by atoms with Gasteiger partial charge in [-0.2, -0.15) is 4.98 Å². The van der Waals surface area contributed by atoms with E-state index in [1.54, 1.807) is 36.8 Å². The average Bonchev–Trinajstić information content (AvgIpc) is 3.17. The van der Waals surface area contributed by atoms with Crippen molar-refractivity contribution in [3.05, 3.63) is 48.7 Å². The molecule has 9 heteroatoms. The first-order valence-corrected chi connectivity index (χ1v) is 8.39. The molecule has 3 aromatic rings. The molecule has 27 heavy (non-hydrogen) atoms. The Kier molecular flexibility index (Phi) is 5.60. The van der Waals surface area contributed by atoms with Crippen LogP contribution in [0.2, 0.25) is 0 Å². The molecule has 9 nitrogen and oxygen atoms in total. The Morgan fingerprint density at radius 2 is 2.04 bits per heavy atom. The van der Waals surface area contributed by atoms with Crippen molar-refractivity contribution in [1.82, 2.24) is 25.4 Å². The molecule has 0 bridgehead atoms. The molecule has 0 aromatic carbocycles. The van der Waals surface area contributed by atoms with E-state index in [9.17, 15) is 4.79 Å². The Labute approximate surface area is 156 Å². The molecule has 2 amide bonds. The molecule has 0 fully saturated rings. The highest BCUT2D eigenvalue weighted by Crippen LogP contribution is 2.24. The lowest BCUT2D eigenvalue weighted by atomic mass is 10.0. The first kappa shape index (κ1) is 18.3. The minimum Gasteiger partial charge on any atom is -0.480 e. The number of pyridine rings is 2. The fraction of sp³-hybridized carbons (Fsp3) is 0.278. The summed E-state index contributed by atoms with van der Waals surface area (Å²) in [6, 6.07) is 6.13. The Bertz CT molecular complexity index is 897. The Hall–Kier alpha value is -3.49. The van der Waals surface area contributed by atoms with E-state index in [1.807, 2.05) is 19.9 Å². The van der Waals surface area contributed by atoms with Crippen LogP contribution in [-0.2, 0) is 0 Å². The largest absolute Gasteiger partial charge is 0.480 e. The molecule has 0 aliphatic rings. The number of amides is 2. The number of urea groups is 1. The molecule has 2 N–H and O–H groups in total. The fourth-order valence-corrected chi connectivity index (χ4v) is 2.44. The Morgan fingerprint density at radius 3 is 2.74 bits per heavy atom. The molecule has 140 valence electrons. The van der Waals surface area contributed by atoms with E-state index in [1.165, 1.54) is 7.11 Å². The van der Waals surface area contributed by atoms with Crippen LogP contribution in [0.25, 0.3) is 11.4 Å². The van der Waals surface area contributed by atoms with E-state index in [-0.39, 0.29) is 5.92 Å². The zero-order valence-electron chi connectivity index (χ0n) is 15.2. The highest BCUT2D eigenvalue weighted by atomic mass is 16.5. The molecule has 0 saturated carbocycles. The van der Waals surface area contributed by atoms with Crippen molar-refractivity contribution in [3.63, 3.8) is 0 Å². The van der Waals surface area contributed by atoms with Gasteiger partial charge in [0, 0.05) is 24.2 Å². The molecule has 1 unspecified atom stereocenters. The van der Waals surface area contributed by atoms with Crippen LogP contribution < -0.4 is 15.4 Å². The summed E-state index contributed by atoms with van der Waals surface area (Å²) in [7, 11) is 1.49. The number of hydrogen-bond acceptors (Lipinski definition) is 7. The van der Waals surface area contributed by atoms with Crippen LogP contribution in [0.15, 0.2) is 47.4 Å². The van der Waals surface area contributed by atoms with Gasteiger partial charge in [0.05, 0.1) is 7.11 Å². The van der Waals surface area contributed by atoms with Crippen molar-refractivity contribution in [2.75, 3.05) is 12.4 Å². The Morgan fingerprint density at radius 1 is 1.22 bits per heavy atom. The van der Waals surface area contributed by atoms with E-state index in [0.717, 1.165) is 5.56 Å². The molecule has 3 heterocycles. The van der Waals surface area contributed by atoms with Crippen LogP contribution in [0.3, 0.4) is 0 Å². The standard InChI is InChI=1S/C18H20N6O3/c1-11(2)14(17-23-15(24-27-17)12-6-4-8-19-10-12)22-18(25)21-13-7-5-9-20-16(13)26-3/h4-11,14H,1-3H3,(H2,21,22,25). The van der Waals surface area contributed by atoms with Gasteiger partial charge < -0.3 is 19.9 Å². The van der Waals surface area contributed by atoms with Gasteiger partial charge in [0.15, 0.2) is 0 Å². The van der Waals surface area contributed by atoms with Crippen molar-refractivity contribution in [2.24, 2.45) is 5.92 Å². The Balaban J connectivity index is 1.74.